The lowest BCUT2D eigenvalue weighted by atomic mass is 9.74. The average molecular weight is 302 g/mol. The zero-order valence-corrected chi connectivity index (χ0v) is 14.2. The van der Waals surface area contributed by atoms with Gasteiger partial charge in [-0.15, -0.1) is 0 Å². The molecule has 2 rings (SSSR count). The summed E-state index contributed by atoms with van der Waals surface area (Å²) in [6.45, 7) is 9.40. The van der Waals surface area contributed by atoms with E-state index >= 15 is 0 Å². The van der Waals surface area contributed by atoms with Crippen molar-refractivity contribution < 1.29 is 4.79 Å². The first-order valence-electron chi connectivity index (χ1n) is 8.61. The maximum atomic E-state index is 13.0. The van der Waals surface area contributed by atoms with Crippen molar-refractivity contribution >= 4 is 5.91 Å². The molecular formula is C19H30N2O. The standard InChI is InChI=1S/C19H30N2O/c1-4-19(5-2,16-9-7-6-8-10-16)17(22)21-15-18(3)11-13-20-14-12-18/h6-10,20H,4-5,11-15H2,1-3H3,(H,21,22). The van der Waals surface area contributed by atoms with Gasteiger partial charge in [-0.05, 0) is 49.8 Å². The Morgan fingerprint density at radius 1 is 1.18 bits per heavy atom. The summed E-state index contributed by atoms with van der Waals surface area (Å²) in [4.78, 5) is 13.0. The van der Waals surface area contributed by atoms with Crippen LogP contribution in [0.2, 0.25) is 0 Å². The minimum absolute atomic E-state index is 0.184. The van der Waals surface area contributed by atoms with Gasteiger partial charge >= 0.3 is 0 Å². The van der Waals surface area contributed by atoms with Crippen LogP contribution >= 0.6 is 0 Å². The fourth-order valence-corrected chi connectivity index (χ4v) is 3.54. The molecule has 1 heterocycles. The molecule has 0 spiro atoms. The van der Waals surface area contributed by atoms with Gasteiger partial charge in [0.05, 0.1) is 5.41 Å². The number of rotatable bonds is 6. The first-order chi connectivity index (χ1) is 10.6. The zero-order valence-electron chi connectivity index (χ0n) is 14.2. The summed E-state index contributed by atoms with van der Waals surface area (Å²) < 4.78 is 0. The van der Waals surface area contributed by atoms with Gasteiger partial charge in [0.15, 0.2) is 0 Å². The molecule has 0 bridgehead atoms. The van der Waals surface area contributed by atoms with E-state index in [4.69, 9.17) is 0 Å². The van der Waals surface area contributed by atoms with E-state index < -0.39 is 5.41 Å². The number of carbonyl (C=O) groups excluding carboxylic acids is 1. The second kappa shape index (κ2) is 7.28. The molecule has 0 unspecified atom stereocenters. The van der Waals surface area contributed by atoms with E-state index in [0.717, 1.165) is 50.9 Å². The van der Waals surface area contributed by atoms with Crippen LogP contribution in [-0.2, 0) is 10.2 Å². The van der Waals surface area contributed by atoms with Gasteiger partial charge in [0.2, 0.25) is 5.91 Å². The van der Waals surface area contributed by atoms with Crippen LogP contribution in [0.25, 0.3) is 0 Å². The van der Waals surface area contributed by atoms with Crippen LogP contribution in [0.1, 0.15) is 52.0 Å². The number of carbonyl (C=O) groups is 1. The van der Waals surface area contributed by atoms with E-state index in [1.165, 1.54) is 0 Å². The number of hydrogen-bond acceptors (Lipinski definition) is 2. The van der Waals surface area contributed by atoms with Gasteiger partial charge in [0, 0.05) is 6.54 Å². The molecule has 1 aliphatic heterocycles. The second-order valence-electron chi connectivity index (χ2n) is 6.90. The monoisotopic (exact) mass is 302 g/mol. The SMILES string of the molecule is CCC(CC)(C(=O)NCC1(C)CCNCC1)c1ccccc1. The predicted molar refractivity (Wildman–Crippen MR) is 91.9 cm³/mol. The Morgan fingerprint density at radius 3 is 2.32 bits per heavy atom. The Bertz CT molecular complexity index is 473. The van der Waals surface area contributed by atoms with E-state index in [1.807, 2.05) is 18.2 Å². The summed E-state index contributed by atoms with van der Waals surface area (Å²) in [5.74, 6) is 0.184. The van der Waals surface area contributed by atoms with Crippen molar-refractivity contribution in [2.75, 3.05) is 19.6 Å². The lowest BCUT2D eigenvalue weighted by molar-refractivity contribution is -0.127. The number of hydrogen-bond donors (Lipinski definition) is 2. The highest BCUT2D eigenvalue weighted by Gasteiger charge is 2.37. The van der Waals surface area contributed by atoms with Crippen molar-refractivity contribution in [3.8, 4) is 0 Å². The largest absolute Gasteiger partial charge is 0.355 e. The van der Waals surface area contributed by atoms with Gasteiger partial charge in [-0.2, -0.15) is 0 Å². The summed E-state index contributed by atoms with van der Waals surface area (Å²) >= 11 is 0. The molecule has 22 heavy (non-hydrogen) atoms. The number of amides is 1. The van der Waals surface area contributed by atoms with Crippen molar-refractivity contribution in [3.63, 3.8) is 0 Å². The Kier molecular flexibility index (Phi) is 5.63. The number of piperidine rings is 1. The van der Waals surface area contributed by atoms with Gasteiger partial charge in [-0.3, -0.25) is 4.79 Å². The van der Waals surface area contributed by atoms with Gasteiger partial charge in [0.1, 0.15) is 0 Å². The van der Waals surface area contributed by atoms with Gasteiger partial charge < -0.3 is 10.6 Å². The van der Waals surface area contributed by atoms with E-state index in [2.05, 4.69) is 43.5 Å². The molecule has 2 N–H and O–H groups in total. The van der Waals surface area contributed by atoms with Crippen molar-refractivity contribution in [3.05, 3.63) is 35.9 Å². The van der Waals surface area contributed by atoms with E-state index in [9.17, 15) is 4.79 Å². The molecule has 3 nitrogen and oxygen atoms in total. The Labute approximate surface area is 134 Å². The van der Waals surface area contributed by atoms with E-state index in [-0.39, 0.29) is 11.3 Å². The third kappa shape index (κ3) is 3.52. The molecule has 3 heteroatoms. The highest BCUT2D eigenvalue weighted by molar-refractivity contribution is 5.88. The summed E-state index contributed by atoms with van der Waals surface area (Å²) in [5, 5.41) is 6.66. The summed E-state index contributed by atoms with van der Waals surface area (Å²) in [7, 11) is 0. The summed E-state index contributed by atoms with van der Waals surface area (Å²) in [6.07, 6.45) is 3.92. The molecule has 1 fully saturated rings. The number of nitrogens with one attached hydrogen (secondary N) is 2. The maximum absolute atomic E-state index is 13.0. The highest BCUT2D eigenvalue weighted by Crippen LogP contribution is 2.33. The van der Waals surface area contributed by atoms with Crippen LogP contribution in [0, 0.1) is 5.41 Å². The zero-order chi connectivity index (χ0) is 16.1. The molecular weight excluding hydrogens is 272 g/mol. The predicted octanol–water partition coefficient (Wildman–Crippen LogP) is 3.25. The molecule has 0 aromatic heterocycles. The second-order valence-corrected chi connectivity index (χ2v) is 6.90. The molecule has 1 saturated heterocycles. The number of benzene rings is 1. The Balaban J connectivity index is 2.10. The third-order valence-electron chi connectivity index (χ3n) is 5.45. The lowest BCUT2D eigenvalue weighted by Crippen LogP contribution is -2.49. The molecule has 122 valence electrons. The minimum atomic E-state index is -0.398. The fraction of sp³-hybridized carbons (Fsp3) is 0.632. The Morgan fingerprint density at radius 2 is 1.77 bits per heavy atom. The van der Waals surface area contributed by atoms with Crippen LogP contribution < -0.4 is 10.6 Å². The molecule has 1 aromatic carbocycles. The minimum Gasteiger partial charge on any atom is -0.355 e. The van der Waals surface area contributed by atoms with Crippen LogP contribution in [-0.4, -0.2) is 25.5 Å². The smallest absolute Gasteiger partial charge is 0.230 e. The lowest BCUT2D eigenvalue weighted by Gasteiger charge is -2.37. The molecule has 0 saturated carbocycles. The van der Waals surface area contributed by atoms with Crippen LogP contribution in [0.3, 0.4) is 0 Å². The topological polar surface area (TPSA) is 41.1 Å². The Hall–Kier alpha value is -1.35. The van der Waals surface area contributed by atoms with Gasteiger partial charge in [-0.1, -0.05) is 51.1 Å². The van der Waals surface area contributed by atoms with Crippen LogP contribution in [0.4, 0.5) is 0 Å². The molecule has 1 aromatic rings. The molecule has 0 atom stereocenters. The first-order valence-corrected chi connectivity index (χ1v) is 8.61. The van der Waals surface area contributed by atoms with Crippen molar-refractivity contribution in [1.82, 2.24) is 10.6 Å². The van der Waals surface area contributed by atoms with E-state index in [1.54, 1.807) is 0 Å². The summed E-state index contributed by atoms with van der Waals surface area (Å²) in [6, 6.07) is 10.2. The quantitative estimate of drug-likeness (QED) is 0.847. The normalized spacial score (nSPS) is 18.0. The van der Waals surface area contributed by atoms with E-state index in [0.29, 0.717) is 0 Å². The fourth-order valence-electron chi connectivity index (χ4n) is 3.54. The van der Waals surface area contributed by atoms with Gasteiger partial charge in [0.25, 0.3) is 0 Å². The van der Waals surface area contributed by atoms with Crippen LogP contribution in [0.15, 0.2) is 30.3 Å². The average Bonchev–Trinajstić information content (AvgIpc) is 2.56. The van der Waals surface area contributed by atoms with Crippen molar-refractivity contribution in [2.24, 2.45) is 5.41 Å². The molecule has 1 aliphatic rings. The van der Waals surface area contributed by atoms with Gasteiger partial charge in [-0.25, -0.2) is 0 Å². The molecule has 0 radical (unpaired) electrons. The molecule has 0 aliphatic carbocycles. The highest BCUT2D eigenvalue weighted by atomic mass is 16.2. The van der Waals surface area contributed by atoms with Crippen molar-refractivity contribution in [1.29, 1.82) is 0 Å². The van der Waals surface area contributed by atoms with Crippen molar-refractivity contribution in [2.45, 2.75) is 51.9 Å². The van der Waals surface area contributed by atoms with Crippen LogP contribution in [0.5, 0.6) is 0 Å². The molecule has 1 amide bonds. The third-order valence-corrected chi connectivity index (χ3v) is 5.45. The summed E-state index contributed by atoms with van der Waals surface area (Å²) in [5.41, 5.74) is 0.961. The first kappa shape index (κ1) is 17.0. The maximum Gasteiger partial charge on any atom is 0.230 e.